The molecule has 3 heteroatoms. The zero-order valence-corrected chi connectivity index (χ0v) is 15.5. The number of hydrogen-bond donors (Lipinski definition) is 0. The molecule has 128 valence electrons. The van der Waals surface area contributed by atoms with Crippen LogP contribution >= 0.6 is 12.2 Å². The summed E-state index contributed by atoms with van der Waals surface area (Å²) < 4.78 is 0. The normalized spacial score (nSPS) is 19.4. The van der Waals surface area contributed by atoms with E-state index in [1.807, 2.05) is 12.1 Å². The van der Waals surface area contributed by atoms with Crippen molar-refractivity contribution in [2.75, 3.05) is 0 Å². The van der Waals surface area contributed by atoms with E-state index in [1.54, 1.807) is 5.37 Å². The molecule has 2 aromatic rings. The first-order chi connectivity index (χ1) is 12.3. The van der Waals surface area contributed by atoms with E-state index in [2.05, 4.69) is 55.5 Å². The number of aliphatic imine (C=N–C) groups is 2. The molecule has 2 nitrogen and oxygen atoms in total. The lowest BCUT2D eigenvalue weighted by Crippen LogP contribution is -2.32. The highest BCUT2D eigenvalue weighted by molar-refractivity contribution is 7.78. The Kier molecular flexibility index (Phi) is 5.87. The SMILES string of the molecule is CCCCCC1=NC(CC=S)(c2ccccc2)C(c2ccccc2)=N1. The molecule has 0 saturated heterocycles. The van der Waals surface area contributed by atoms with Gasteiger partial charge in [0.05, 0.1) is 5.71 Å². The Hall–Kier alpha value is -2.13. The molecule has 0 bridgehead atoms. The van der Waals surface area contributed by atoms with E-state index in [1.165, 1.54) is 12.8 Å². The Morgan fingerprint density at radius 2 is 1.64 bits per heavy atom. The summed E-state index contributed by atoms with van der Waals surface area (Å²) in [6, 6.07) is 20.8. The third-order valence-corrected chi connectivity index (χ3v) is 4.80. The van der Waals surface area contributed by atoms with Crippen LogP contribution in [0.2, 0.25) is 0 Å². The Morgan fingerprint density at radius 3 is 2.28 bits per heavy atom. The van der Waals surface area contributed by atoms with Gasteiger partial charge in [0.15, 0.2) is 0 Å². The average molecular weight is 349 g/mol. The van der Waals surface area contributed by atoms with Crippen LogP contribution in [0, 0.1) is 0 Å². The predicted molar refractivity (Wildman–Crippen MR) is 111 cm³/mol. The van der Waals surface area contributed by atoms with Crippen molar-refractivity contribution >= 4 is 29.1 Å². The van der Waals surface area contributed by atoms with E-state index in [9.17, 15) is 0 Å². The van der Waals surface area contributed by atoms with Crippen molar-refractivity contribution in [1.82, 2.24) is 0 Å². The smallest absolute Gasteiger partial charge is 0.134 e. The predicted octanol–water partition coefficient (Wildman–Crippen LogP) is 5.75. The molecule has 0 aliphatic carbocycles. The number of hydrogen-bond acceptors (Lipinski definition) is 3. The summed E-state index contributed by atoms with van der Waals surface area (Å²) in [6.45, 7) is 2.22. The van der Waals surface area contributed by atoms with Gasteiger partial charge in [0.25, 0.3) is 0 Å². The van der Waals surface area contributed by atoms with Crippen LogP contribution in [0.25, 0.3) is 0 Å². The second-order valence-electron chi connectivity index (χ2n) is 6.41. The van der Waals surface area contributed by atoms with Crippen molar-refractivity contribution in [3.05, 3.63) is 71.8 Å². The quantitative estimate of drug-likeness (QED) is 0.440. The van der Waals surface area contributed by atoms with E-state index < -0.39 is 5.54 Å². The fraction of sp³-hybridized carbons (Fsp3) is 0.318. The van der Waals surface area contributed by atoms with Gasteiger partial charge < -0.3 is 0 Å². The summed E-state index contributed by atoms with van der Waals surface area (Å²) >= 11 is 5.26. The standard InChI is InChI=1S/C22H24N2S/c1-2-3-6-15-20-23-21(18-11-7-4-8-12-18)22(24-20,16-17-25)19-13-9-5-10-14-19/h4-5,7-14,17H,2-3,6,15-16H2,1H3. The number of unbranched alkanes of at least 4 members (excludes halogenated alkanes) is 2. The first-order valence-corrected chi connectivity index (χ1v) is 9.50. The largest absolute Gasteiger partial charge is 0.252 e. The summed E-state index contributed by atoms with van der Waals surface area (Å²) in [4.78, 5) is 10.1. The second-order valence-corrected chi connectivity index (χ2v) is 6.74. The van der Waals surface area contributed by atoms with Gasteiger partial charge in [0.1, 0.15) is 11.4 Å². The maximum absolute atomic E-state index is 5.26. The fourth-order valence-corrected chi connectivity index (χ4v) is 3.60. The van der Waals surface area contributed by atoms with Crippen molar-refractivity contribution in [3.63, 3.8) is 0 Å². The highest BCUT2D eigenvalue weighted by atomic mass is 32.1. The topological polar surface area (TPSA) is 24.7 Å². The molecule has 0 N–H and O–H groups in total. The van der Waals surface area contributed by atoms with Crippen LogP contribution in [-0.2, 0) is 5.54 Å². The second kappa shape index (κ2) is 8.30. The van der Waals surface area contributed by atoms with Gasteiger partial charge in [0, 0.05) is 12.8 Å². The van der Waals surface area contributed by atoms with Gasteiger partial charge in [-0.05, 0) is 22.9 Å². The zero-order chi connectivity index (χ0) is 17.5. The molecule has 25 heavy (non-hydrogen) atoms. The summed E-state index contributed by atoms with van der Waals surface area (Å²) in [5, 5.41) is 1.80. The van der Waals surface area contributed by atoms with Crippen LogP contribution in [0.4, 0.5) is 0 Å². The van der Waals surface area contributed by atoms with Crippen LogP contribution in [0.15, 0.2) is 70.6 Å². The van der Waals surface area contributed by atoms with Crippen LogP contribution in [-0.4, -0.2) is 16.9 Å². The van der Waals surface area contributed by atoms with Gasteiger partial charge in [-0.25, -0.2) is 4.99 Å². The van der Waals surface area contributed by atoms with E-state index in [-0.39, 0.29) is 0 Å². The number of rotatable bonds is 8. The number of benzene rings is 2. The minimum Gasteiger partial charge on any atom is -0.252 e. The third kappa shape index (κ3) is 3.77. The maximum Gasteiger partial charge on any atom is 0.134 e. The van der Waals surface area contributed by atoms with E-state index >= 15 is 0 Å². The number of nitrogens with zero attached hydrogens (tertiary/aromatic N) is 2. The van der Waals surface area contributed by atoms with E-state index in [4.69, 9.17) is 22.2 Å². The molecule has 1 heterocycles. The van der Waals surface area contributed by atoms with E-state index in [0.29, 0.717) is 6.42 Å². The molecule has 1 aliphatic rings. The Bertz CT molecular complexity index is 765. The molecule has 2 aromatic carbocycles. The maximum atomic E-state index is 5.26. The van der Waals surface area contributed by atoms with Crippen molar-refractivity contribution < 1.29 is 0 Å². The van der Waals surface area contributed by atoms with Crippen LogP contribution in [0.3, 0.4) is 0 Å². The van der Waals surface area contributed by atoms with Gasteiger partial charge in [0.2, 0.25) is 0 Å². The fourth-order valence-electron chi connectivity index (χ4n) is 3.36. The van der Waals surface area contributed by atoms with Gasteiger partial charge in [-0.2, -0.15) is 0 Å². The molecule has 0 spiro atoms. The first kappa shape index (κ1) is 17.7. The lowest BCUT2D eigenvalue weighted by Gasteiger charge is -2.27. The Labute approximate surface area is 155 Å². The molecule has 0 fully saturated rings. The van der Waals surface area contributed by atoms with Crippen molar-refractivity contribution in [2.45, 2.75) is 44.6 Å². The van der Waals surface area contributed by atoms with Crippen molar-refractivity contribution in [1.29, 1.82) is 0 Å². The molecule has 3 rings (SSSR count). The van der Waals surface area contributed by atoms with Gasteiger partial charge in [-0.1, -0.05) is 92.6 Å². The summed E-state index contributed by atoms with van der Waals surface area (Å²) in [7, 11) is 0. The number of thiocarbonyl (C=S) groups is 1. The van der Waals surface area contributed by atoms with Crippen molar-refractivity contribution in [2.24, 2.45) is 9.98 Å². The summed E-state index contributed by atoms with van der Waals surface area (Å²) in [5.41, 5.74) is 2.81. The Morgan fingerprint density at radius 1 is 0.960 bits per heavy atom. The third-order valence-electron chi connectivity index (χ3n) is 4.63. The lowest BCUT2D eigenvalue weighted by molar-refractivity contribution is 0.651. The first-order valence-electron chi connectivity index (χ1n) is 9.02. The average Bonchev–Trinajstić information content (AvgIpc) is 3.03. The molecule has 1 aliphatic heterocycles. The molecular formula is C22H24N2S. The highest BCUT2D eigenvalue weighted by Gasteiger charge is 2.41. The molecular weight excluding hydrogens is 324 g/mol. The minimum atomic E-state index is -0.494. The molecule has 1 unspecified atom stereocenters. The van der Waals surface area contributed by atoms with Crippen LogP contribution in [0.5, 0.6) is 0 Å². The monoisotopic (exact) mass is 348 g/mol. The van der Waals surface area contributed by atoms with Gasteiger partial charge in [-0.15, -0.1) is 0 Å². The van der Waals surface area contributed by atoms with E-state index in [0.717, 1.165) is 35.5 Å². The summed E-state index contributed by atoms with van der Waals surface area (Å²) in [5.74, 6) is 0.952. The van der Waals surface area contributed by atoms with Crippen LogP contribution in [0.1, 0.15) is 50.2 Å². The van der Waals surface area contributed by atoms with Crippen molar-refractivity contribution in [3.8, 4) is 0 Å². The highest BCUT2D eigenvalue weighted by Crippen LogP contribution is 2.38. The Balaban J connectivity index is 2.08. The zero-order valence-electron chi connectivity index (χ0n) is 14.7. The van der Waals surface area contributed by atoms with Crippen LogP contribution < -0.4 is 0 Å². The molecule has 1 atom stereocenters. The van der Waals surface area contributed by atoms with Gasteiger partial charge in [-0.3, -0.25) is 4.99 Å². The minimum absolute atomic E-state index is 0.494. The molecule has 0 aromatic heterocycles. The number of amidine groups is 1. The summed E-state index contributed by atoms with van der Waals surface area (Å²) in [6.07, 6.45) is 5.14. The van der Waals surface area contributed by atoms with Gasteiger partial charge >= 0.3 is 0 Å². The molecule has 0 amide bonds. The molecule has 0 radical (unpaired) electrons. The molecule has 0 saturated carbocycles. The lowest BCUT2D eigenvalue weighted by atomic mass is 9.81.